The van der Waals surface area contributed by atoms with E-state index in [2.05, 4.69) is 21.2 Å². The van der Waals surface area contributed by atoms with Gasteiger partial charge >= 0.3 is 12.0 Å². The Bertz CT molecular complexity index is 1730. The smallest absolute Gasteiger partial charge is 0.338 e. The van der Waals surface area contributed by atoms with E-state index in [1.54, 1.807) is 62.4 Å². The molecule has 4 rings (SSSR count). The van der Waals surface area contributed by atoms with Crippen molar-refractivity contribution in [1.29, 1.82) is 0 Å². The van der Waals surface area contributed by atoms with E-state index in [4.69, 9.17) is 58.5 Å². The number of carbonyl (C=O) groups is 3. The van der Waals surface area contributed by atoms with Crippen molar-refractivity contribution in [3.05, 3.63) is 91.6 Å². The molecule has 248 valence electrons. The molecule has 0 fully saturated rings. The van der Waals surface area contributed by atoms with Crippen LogP contribution in [-0.2, 0) is 20.9 Å². The van der Waals surface area contributed by atoms with Gasteiger partial charge < -0.3 is 34.3 Å². The second-order valence-corrected chi connectivity index (χ2v) is 11.1. The zero-order valence-electron chi connectivity index (χ0n) is 25.7. The molecule has 0 radical (unpaired) electrons. The second kappa shape index (κ2) is 16.3. The quantitative estimate of drug-likeness (QED) is 0.112. The van der Waals surface area contributed by atoms with Crippen molar-refractivity contribution < 1.29 is 38.1 Å². The van der Waals surface area contributed by atoms with Crippen LogP contribution in [0.15, 0.2) is 64.9 Å². The summed E-state index contributed by atoms with van der Waals surface area (Å²) in [5, 5.41) is 10.5. The number of carbonyl (C=O) groups excluding carboxylic acids is 3. The Labute approximate surface area is 285 Å². The average Bonchev–Trinajstić information content (AvgIpc) is 3.03. The fourth-order valence-corrected chi connectivity index (χ4v) is 5.24. The van der Waals surface area contributed by atoms with Gasteiger partial charge in [-0.05, 0) is 61.4 Å². The van der Waals surface area contributed by atoms with Gasteiger partial charge in [0.25, 0.3) is 5.91 Å². The van der Waals surface area contributed by atoms with E-state index >= 15 is 0 Å². The normalized spacial score (nSPS) is 14.3. The van der Waals surface area contributed by atoms with Crippen molar-refractivity contribution in [1.82, 2.24) is 16.1 Å². The van der Waals surface area contributed by atoms with Crippen LogP contribution in [0.2, 0.25) is 15.1 Å². The average molecular weight is 706 g/mol. The first-order valence-electron chi connectivity index (χ1n) is 14.1. The first-order chi connectivity index (χ1) is 22.5. The molecule has 1 aliphatic rings. The Morgan fingerprint density at radius 2 is 1.72 bits per heavy atom. The zero-order chi connectivity index (χ0) is 34.1. The summed E-state index contributed by atoms with van der Waals surface area (Å²) in [4.78, 5) is 37.3. The fourth-order valence-electron chi connectivity index (χ4n) is 4.50. The van der Waals surface area contributed by atoms with Crippen molar-refractivity contribution >= 4 is 58.9 Å². The highest BCUT2D eigenvalue weighted by Crippen LogP contribution is 2.37. The maximum Gasteiger partial charge on any atom is 0.338 e. The van der Waals surface area contributed by atoms with Crippen LogP contribution in [0.3, 0.4) is 0 Å². The maximum atomic E-state index is 12.6. The number of nitrogens with one attached hydrogen (secondary N) is 3. The largest absolute Gasteiger partial charge is 0.493 e. The molecule has 3 aromatic rings. The molecule has 0 spiro atoms. The number of benzene rings is 3. The molecule has 1 heterocycles. The minimum absolute atomic E-state index is 0.128. The van der Waals surface area contributed by atoms with Crippen LogP contribution < -0.4 is 35.0 Å². The topological polar surface area (TPSA) is 146 Å². The van der Waals surface area contributed by atoms with Gasteiger partial charge in [-0.3, -0.25) is 4.79 Å². The molecule has 0 saturated heterocycles. The number of rotatable bonds is 13. The van der Waals surface area contributed by atoms with Gasteiger partial charge in [-0.2, -0.15) is 5.10 Å². The van der Waals surface area contributed by atoms with Crippen molar-refractivity contribution in [2.24, 2.45) is 5.10 Å². The van der Waals surface area contributed by atoms with Gasteiger partial charge in [-0.25, -0.2) is 15.0 Å². The minimum Gasteiger partial charge on any atom is -0.493 e. The number of allylic oxidation sites excluding steroid dienone is 1. The molecule has 1 atom stereocenters. The number of halogens is 3. The summed E-state index contributed by atoms with van der Waals surface area (Å²) in [6.07, 6.45) is 1.38. The summed E-state index contributed by atoms with van der Waals surface area (Å²) >= 11 is 18.6. The fraction of sp³-hybridized carbons (Fsp3) is 0.250. The first kappa shape index (κ1) is 35.2. The highest BCUT2D eigenvalue weighted by atomic mass is 35.5. The summed E-state index contributed by atoms with van der Waals surface area (Å²) in [7, 11) is 2.89. The molecular weight excluding hydrogens is 675 g/mol. The number of esters is 1. The van der Waals surface area contributed by atoms with Crippen molar-refractivity contribution in [2.75, 3.05) is 27.4 Å². The molecule has 0 unspecified atom stereocenters. The van der Waals surface area contributed by atoms with Gasteiger partial charge in [0.15, 0.2) is 29.6 Å². The summed E-state index contributed by atoms with van der Waals surface area (Å²) in [5.41, 5.74) is 4.79. The number of hydrogen-bond acceptors (Lipinski definition) is 9. The number of nitrogens with zero attached hydrogens (tertiary/aromatic N) is 1. The molecule has 0 bridgehead atoms. The van der Waals surface area contributed by atoms with E-state index in [1.807, 2.05) is 0 Å². The van der Waals surface area contributed by atoms with E-state index < -0.39 is 30.6 Å². The van der Waals surface area contributed by atoms with Crippen molar-refractivity contribution in [3.8, 4) is 23.0 Å². The highest BCUT2D eigenvalue weighted by Gasteiger charge is 2.32. The summed E-state index contributed by atoms with van der Waals surface area (Å²) in [6, 6.07) is 11.8. The Kier molecular flexibility index (Phi) is 12.2. The first-order valence-corrected chi connectivity index (χ1v) is 15.2. The molecule has 0 aliphatic carbocycles. The standard InChI is InChI=1S/C32H31Cl3N4O8/c1-5-45-31(41)28-17(2)37-32(42)38-29(28)19-7-9-24(25(12-19)43-3)46-16-27(40)39-36-14-18-10-23(35)30(26(11-18)44-4)47-15-20-6-8-21(33)13-22(20)34/h6-14,29H,5,15-16H2,1-4H3,(H,39,40)(H2,37,38,42)/b36-14-/t29-/m0/s1. The predicted octanol–water partition coefficient (Wildman–Crippen LogP) is 5.96. The lowest BCUT2D eigenvalue weighted by molar-refractivity contribution is -0.139. The van der Waals surface area contributed by atoms with Crippen LogP contribution in [-0.4, -0.2) is 51.6 Å². The van der Waals surface area contributed by atoms with E-state index in [9.17, 15) is 14.4 Å². The van der Waals surface area contributed by atoms with E-state index in [0.29, 0.717) is 43.9 Å². The van der Waals surface area contributed by atoms with E-state index in [1.165, 1.54) is 20.4 Å². The lowest BCUT2D eigenvalue weighted by Crippen LogP contribution is -2.45. The van der Waals surface area contributed by atoms with Gasteiger partial charge in [0, 0.05) is 21.3 Å². The third-order valence-electron chi connectivity index (χ3n) is 6.69. The predicted molar refractivity (Wildman–Crippen MR) is 177 cm³/mol. The van der Waals surface area contributed by atoms with Gasteiger partial charge in [-0.1, -0.05) is 46.9 Å². The summed E-state index contributed by atoms with van der Waals surface area (Å²) in [5.74, 6) is 0.0530. The van der Waals surface area contributed by atoms with Gasteiger partial charge in [0.1, 0.15) is 6.61 Å². The molecule has 12 nitrogen and oxygen atoms in total. The number of methoxy groups -OCH3 is 2. The van der Waals surface area contributed by atoms with Crippen LogP contribution in [0.25, 0.3) is 0 Å². The maximum absolute atomic E-state index is 12.6. The molecular formula is C32H31Cl3N4O8. The van der Waals surface area contributed by atoms with E-state index in [-0.39, 0.29) is 35.3 Å². The van der Waals surface area contributed by atoms with E-state index in [0.717, 1.165) is 0 Å². The molecule has 0 aromatic heterocycles. The van der Waals surface area contributed by atoms with Crippen LogP contribution in [0, 0.1) is 0 Å². The van der Waals surface area contributed by atoms with Crippen molar-refractivity contribution in [2.45, 2.75) is 26.5 Å². The molecule has 0 saturated carbocycles. The number of amides is 3. The number of hydrogen-bond donors (Lipinski definition) is 3. The Morgan fingerprint density at radius 3 is 2.43 bits per heavy atom. The second-order valence-electron chi connectivity index (χ2n) is 9.84. The lowest BCUT2D eigenvalue weighted by Gasteiger charge is -2.28. The molecule has 47 heavy (non-hydrogen) atoms. The number of urea groups is 1. The van der Waals surface area contributed by atoms with Crippen LogP contribution in [0.5, 0.6) is 23.0 Å². The highest BCUT2D eigenvalue weighted by molar-refractivity contribution is 6.35. The number of ether oxygens (including phenoxy) is 5. The van der Waals surface area contributed by atoms with Gasteiger partial charge in [-0.15, -0.1) is 0 Å². The molecule has 3 N–H and O–H groups in total. The lowest BCUT2D eigenvalue weighted by atomic mass is 9.95. The molecule has 1 aliphatic heterocycles. The van der Waals surface area contributed by atoms with Crippen LogP contribution in [0.1, 0.15) is 36.6 Å². The monoisotopic (exact) mass is 704 g/mol. The zero-order valence-corrected chi connectivity index (χ0v) is 28.0. The minimum atomic E-state index is -0.793. The summed E-state index contributed by atoms with van der Waals surface area (Å²) in [6.45, 7) is 3.21. The Morgan fingerprint density at radius 1 is 0.957 bits per heavy atom. The Hall–Kier alpha value is -4.65. The van der Waals surface area contributed by atoms with Gasteiger partial charge in [0.2, 0.25) is 0 Å². The number of hydrazone groups is 1. The van der Waals surface area contributed by atoms with Gasteiger partial charge in [0.05, 0.1) is 43.7 Å². The molecule has 3 aromatic carbocycles. The Balaban J connectivity index is 1.38. The SMILES string of the molecule is CCOC(=O)C1=C(C)NC(=O)N[C@H]1c1ccc(OCC(=O)N/N=C\c2cc(Cl)c(OCc3ccc(Cl)cc3Cl)c(OC)c2)c(OC)c1. The third kappa shape index (κ3) is 9.00. The molecule has 3 amide bonds. The van der Waals surface area contributed by atoms with Crippen LogP contribution in [0.4, 0.5) is 4.79 Å². The molecule has 15 heteroatoms. The third-order valence-corrected chi connectivity index (χ3v) is 7.55. The van der Waals surface area contributed by atoms with Crippen LogP contribution >= 0.6 is 34.8 Å². The summed E-state index contributed by atoms with van der Waals surface area (Å²) < 4.78 is 27.6. The van der Waals surface area contributed by atoms with Crippen molar-refractivity contribution in [3.63, 3.8) is 0 Å².